The van der Waals surface area contributed by atoms with Gasteiger partial charge in [-0.3, -0.25) is 0 Å². The summed E-state index contributed by atoms with van der Waals surface area (Å²) in [6, 6.07) is 7.92. The van der Waals surface area contributed by atoms with Gasteiger partial charge >= 0.3 is 5.97 Å². The Morgan fingerprint density at radius 3 is 2.88 bits per heavy atom. The highest BCUT2D eigenvalue weighted by Gasteiger charge is 2.09. The van der Waals surface area contributed by atoms with E-state index in [9.17, 15) is 4.79 Å². The summed E-state index contributed by atoms with van der Waals surface area (Å²) < 4.78 is 1.04. The fraction of sp³-hybridized carbons (Fsp3) is 0.0909. The first-order chi connectivity index (χ1) is 8.16. The van der Waals surface area contributed by atoms with Gasteiger partial charge in [0.15, 0.2) is 0 Å². The second-order valence-corrected chi connectivity index (χ2v) is 6.13. The van der Waals surface area contributed by atoms with E-state index in [1.165, 1.54) is 17.5 Å². The molecule has 6 heteroatoms. The summed E-state index contributed by atoms with van der Waals surface area (Å²) in [5.41, 5.74) is 0. The van der Waals surface area contributed by atoms with Crippen LogP contribution in [0.3, 0.4) is 0 Å². The van der Waals surface area contributed by atoms with E-state index in [0.717, 1.165) is 14.4 Å². The van der Waals surface area contributed by atoms with Gasteiger partial charge in [-0.2, -0.15) is 0 Å². The minimum absolute atomic E-state index is 0.285. The van der Waals surface area contributed by atoms with Crippen LogP contribution in [0, 0.1) is 0 Å². The van der Waals surface area contributed by atoms with Crippen LogP contribution in [0.1, 0.15) is 14.7 Å². The molecule has 0 aliphatic rings. The Kier molecular flexibility index (Phi) is 4.20. The largest absolute Gasteiger partial charge is 0.477 e. The number of thiazole rings is 1. The fourth-order valence-corrected chi connectivity index (χ4v) is 3.50. The van der Waals surface area contributed by atoms with E-state index in [-0.39, 0.29) is 4.88 Å². The third-order valence-electron chi connectivity index (χ3n) is 1.95. The molecule has 0 unspecified atom stereocenters. The van der Waals surface area contributed by atoms with Crippen LogP contribution in [0.4, 0.5) is 0 Å². The van der Waals surface area contributed by atoms with Crippen molar-refractivity contribution < 1.29 is 9.90 Å². The van der Waals surface area contributed by atoms with Crippen LogP contribution in [0.5, 0.6) is 0 Å². The number of thioether (sulfide) groups is 1. The van der Waals surface area contributed by atoms with Crippen molar-refractivity contribution >= 4 is 45.0 Å². The molecule has 0 saturated heterocycles. The Labute approximate surface area is 115 Å². The van der Waals surface area contributed by atoms with Gasteiger partial charge in [0.05, 0.1) is 11.9 Å². The number of aromatic nitrogens is 1. The van der Waals surface area contributed by atoms with Gasteiger partial charge in [0.2, 0.25) is 0 Å². The SMILES string of the molecule is O=C(O)c1cnc(CSc2ccccc2Br)s1. The van der Waals surface area contributed by atoms with Crippen LogP contribution in [-0.2, 0) is 5.75 Å². The van der Waals surface area contributed by atoms with Crippen LogP contribution >= 0.6 is 39.0 Å². The molecule has 1 heterocycles. The molecule has 1 aromatic carbocycles. The van der Waals surface area contributed by atoms with Crippen LogP contribution in [-0.4, -0.2) is 16.1 Å². The lowest BCUT2D eigenvalue weighted by Gasteiger charge is -2.01. The topological polar surface area (TPSA) is 50.2 Å². The van der Waals surface area contributed by atoms with E-state index in [1.807, 2.05) is 24.3 Å². The molecule has 0 amide bonds. The number of carbonyl (C=O) groups is 1. The lowest BCUT2D eigenvalue weighted by molar-refractivity contribution is 0.0702. The number of carboxylic acid groups (broad SMARTS) is 1. The smallest absolute Gasteiger partial charge is 0.347 e. The summed E-state index contributed by atoms with van der Waals surface area (Å²) in [5.74, 6) is -0.236. The van der Waals surface area contributed by atoms with Gasteiger partial charge in [-0.25, -0.2) is 9.78 Å². The quantitative estimate of drug-likeness (QED) is 0.864. The first kappa shape index (κ1) is 12.6. The van der Waals surface area contributed by atoms with E-state index in [1.54, 1.807) is 11.8 Å². The molecule has 2 rings (SSSR count). The molecule has 2 aromatic rings. The molecule has 0 radical (unpaired) electrons. The molecule has 88 valence electrons. The lowest BCUT2D eigenvalue weighted by atomic mass is 10.4. The number of carboxylic acids is 1. The highest BCUT2D eigenvalue weighted by atomic mass is 79.9. The average molecular weight is 330 g/mol. The van der Waals surface area contributed by atoms with E-state index >= 15 is 0 Å². The maximum atomic E-state index is 10.7. The molecule has 3 nitrogen and oxygen atoms in total. The molecule has 0 fully saturated rings. The highest BCUT2D eigenvalue weighted by Crippen LogP contribution is 2.30. The first-order valence-electron chi connectivity index (χ1n) is 4.72. The molecular formula is C11H8BrNO2S2. The van der Waals surface area contributed by atoms with Gasteiger partial charge in [0.1, 0.15) is 9.88 Å². The number of rotatable bonds is 4. The van der Waals surface area contributed by atoms with Gasteiger partial charge in [0, 0.05) is 9.37 Å². The molecule has 0 saturated carbocycles. The Morgan fingerprint density at radius 2 is 2.24 bits per heavy atom. The van der Waals surface area contributed by atoms with Crippen molar-refractivity contribution in [1.82, 2.24) is 4.98 Å². The zero-order valence-electron chi connectivity index (χ0n) is 8.59. The zero-order valence-corrected chi connectivity index (χ0v) is 11.8. The highest BCUT2D eigenvalue weighted by molar-refractivity contribution is 9.10. The van der Waals surface area contributed by atoms with Crippen molar-refractivity contribution in [2.75, 3.05) is 0 Å². The summed E-state index contributed by atoms with van der Waals surface area (Å²) in [5, 5.41) is 9.61. The Hall–Kier alpha value is -0.850. The molecule has 0 aliphatic heterocycles. The maximum absolute atomic E-state index is 10.7. The van der Waals surface area contributed by atoms with E-state index in [2.05, 4.69) is 20.9 Å². The number of benzene rings is 1. The van der Waals surface area contributed by atoms with E-state index in [4.69, 9.17) is 5.11 Å². The van der Waals surface area contributed by atoms with Crippen LogP contribution in [0.15, 0.2) is 39.8 Å². The second kappa shape index (κ2) is 5.66. The van der Waals surface area contributed by atoms with Gasteiger partial charge < -0.3 is 5.11 Å². The zero-order chi connectivity index (χ0) is 12.3. The van der Waals surface area contributed by atoms with Crippen molar-refractivity contribution in [1.29, 1.82) is 0 Å². The molecular weight excluding hydrogens is 322 g/mol. The lowest BCUT2D eigenvalue weighted by Crippen LogP contribution is -1.89. The van der Waals surface area contributed by atoms with Crippen molar-refractivity contribution in [3.8, 4) is 0 Å². The van der Waals surface area contributed by atoms with Crippen molar-refractivity contribution in [3.05, 3.63) is 44.8 Å². The third kappa shape index (κ3) is 3.31. The average Bonchev–Trinajstić information content (AvgIpc) is 2.77. The second-order valence-electron chi connectivity index (χ2n) is 3.14. The van der Waals surface area contributed by atoms with Crippen LogP contribution < -0.4 is 0 Å². The third-order valence-corrected chi connectivity index (χ3v) is 5.16. The predicted octanol–water partition coefficient (Wildman–Crippen LogP) is 3.90. The van der Waals surface area contributed by atoms with Crippen molar-refractivity contribution in [2.45, 2.75) is 10.6 Å². The Bertz CT molecular complexity index is 542. The Balaban J connectivity index is 2.02. The number of nitrogens with zero attached hydrogens (tertiary/aromatic N) is 1. The monoisotopic (exact) mass is 329 g/mol. The van der Waals surface area contributed by atoms with Gasteiger partial charge in [0.25, 0.3) is 0 Å². The molecule has 17 heavy (non-hydrogen) atoms. The molecule has 1 N–H and O–H groups in total. The van der Waals surface area contributed by atoms with Gasteiger partial charge in [-0.1, -0.05) is 12.1 Å². The number of halogens is 1. The van der Waals surface area contributed by atoms with E-state index in [0.29, 0.717) is 5.75 Å². The molecule has 0 aliphatic carbocycles. The molecule has 0 atom stereocenters. The Morgan fingerprint density at radius 1 is 1.47 bits per heavy atom. The van der Waals surface area contributed by atoms with Crippen LogP contribution in [0.2, 0.25) is 0 Å². The minimum Gasteiger partial charge on any atom is -0.477 e. The minimum atomic E-state index is -0.917. The first-order valence-corrected chi connectivity index (χ1v) is 7.31. The van der Waals surface area contributed by atoms with Crippen molar-refractivity contribution in [3.63, 3.8) is 0 Å². The summed E-state index contributed by atoms with van der Waals surface area (Å²) in [6.45, 7) is 0. The van der Waals surface area contributed by atoms with Gasteiger partial charge in [-0.15, -0.1) is 23.1 Å². The standard InChI is InChI=1S/C11H8BrNO2S2/c12-7-3-1-2-4-8(7)16-6-10-13-5-9(17-10)11(14)15/h1-5H,6H2,(H,14,15). The normalized spacial score (nSPS) is 10.4. The maximum Gasteiger partial charge on any atom is 0.347 e. The summed E-state index contributed by atoms with van der Waals surface area (Å²) in [7, 11) is 0. The summed E-state index contributed by atoms with van der Waals surface area (Å²) in [6.07, 6.45) is 1.41. The van der Waals surface area contributed by atoms with Crippen LogP contribution in [0.25, 0.3) is 0 Å². The molecule has 1 aromatic heterocycles. The molecule has 0 spiro atoms. The number of hydrogen-bond donors (Lipinski definition) is 1. The summed E-state index contributed by atoms with van der Waals surface area (Å²) >= 11 is 6.32. The molecule has 0 bridgehead atoms. The summed E-state index contributed by atoms with van der Waals surface area (Å²) in [4.78, 5) is 16.2. The van der Waals surface area contributed by atoms with Crippen molar-refractivity contribution in [2.24, 2.45) is 0 Å². The van der Waals surface area contributed by atoms with E-state index < -0.39 is 5.97 Å². The number of aromatic carboxylic acids is 1. The predicted molar refractivity (Wildman–Crippen MR) is 72.8 cm³/mol. The fourth-order valence-electron chi connectivity index (χ4n) is 1.18. The van der Waals surface area contributed by atoms with Gasteiger partial charge in [-0.05, 0) is 28.1 Å². The number of hydrogen-bond acceptors (Lipinski definition) is 4.